The van der Waals surface area contributed by atoms with Crippen LogP contribution in [-0.2, 0) is 9.84 Å². The van der Waals surface area contributed by atoms with Gasteiger partial charge in [0, 0.05) is 11.5 Å². The van der Waals surface area contributed by atoms with E-state index < -0.39 is 21.0 Å². The summed E-state index contributed by atoms with van der Waals surface area (Å²) in [5, 5.41) is -0.636. The van der Waals surface area contributed by atoms with Crippen molar-refractivity contribution in [3.8, 4) is 0 Å². The molecule has 1 aliphatic rings. The Morgan fingerprint density at radius 2 is 1.59 bits per heavy atom. The Balaban J connectivity index is 2.92. The summed E-state index contributed by atoms with van der Waals surface area (Å²) in [5.41, 5.74) is 1.81. The van der Waals surface area contributed by atoms with Crippen molar-refractivity contribution in [2.75, 3.05) is 0 Å². The second-order valence-electron chi connectivity index (χ2n) is 4.81. The molecule has 0 amide bonds. The Morgan fingerprint density at radius 1 is 1.06 bits per heavy atom. The molecule has 0 saturated carbocycles. The predicted molar refractivity (Wildman–Crippen MR) is 66.1 cm³/mol. The second kappa shape index (κ2) is 3.67. The van der Waals surface area contributed by atoms with Gasteiger partial charge in [-0.25, -0.2) is 8.42 Å². The van der Waals surface area contributed by atoms with Crippen LogP contribution < -0.4 is 0 Å². The molecule has 0 spiro atoms. The van der Waals surface area contributed by atoms with Gasteiger partial charge in [0.2, 0.25) is 0 Å². The fourth-order valence-corrected chi connectivity index (χ4v) is 4.45. The molecule has 92 valence electrons. The van der Waals surface area contributed by atoms with E-state index >= 15 is 0 Å². The van der Waals surface area contributed by atoms with E-state index in [2.05, 4.69) is 0 Å². The lowest BCUT2D eigenvalue weighted by Crippen LogP contribution is -2.38. The molecule has 0 aromatic heterocycles. The van der Waals surface area contributed by atoms with Crippen molar-refractivity contribution in [2.45, 2.75) is 37.8 Å². The molecule has 2 unspecified atom stereocenters. The van der Waals surface area contributed by atoms with Crippen LogP contribution in [0.3, 0.4) is 0 Å². The molecule has 1 heterocycles. The first kappa shape index (κ1) is 12.3. The van der Waals surface area contributed by atoms with E-state index in [1.165, 1.54) is 0 Å². The molecular weight excluding hydrogens is 236 g/mol. The van der Waals surface area contributed by atoms with Crippen LogP contribution in [0.15, 0.2) is 17.0 Å². The first-order valence-corrected chi connectivity index (χ1v) is 7.21. The third kappa shape index (κ3) is 1.54. The minimum absolute atomic E-state index is 0.0523. The van der Waals surface area contributed by atoms with Gasteiger partial charge in [0.25, 0.3) is 0 Å². The number of benzene rings is 1. The lowest BCUT2D eigenvalue weighted by atomic mass is 9.92. The fourth-order valence-electron chi connectivity index (χ4n) is 2.35. The topological polar surface area (TPSA) is 51.2 Å². The highest BCUT2D eigenvalue weighted by Crippen LogP contribution is 2.36. The average Bonchev–Trinajstić information content (AvgIpc) is 2.27. The molecule has 0 aliphatic carbocycles. The first-order valence-electron chi connectivity index (χ1n) is 5.66. The van der Waals surface area contributed by atoms with Crippen LogP contribution in [0.5, 0.6) is 0 Å². The number of fused-ring (bicyclic) bond motifs is 1. The molecule has 0 fully saturated rings. The van der Waals surface area contributed by atoms with Gasteiger partial charge in [-0.2, -0.15) is 0 Å². The quantitative estimate of drug-likeness (QED) is 0.712. The zero-order valence-electron chi connectivity index (χ0n) is 10.4. The van der Waals surface area contributed by atoms with Crippen LogP contribution in [0.1, 0.15) is 35.3 Å². The maximum atomic E-state index is 12.4. The van der Waals surface area contributed by atoms with Gasteiger partial charge in [0.15, 0.2) is 15.6 Å². The Morgan fingerprint density at radius 3 is 2.18 bits per heavy atom. The normalized spacial score (nSPS) is 26.7. The fraction of sp³-hybridized carbons (Fsp3) is 0.462. The predicted octanol–water partition coefficient (Wildman–Crippen LogP) is 2.30. The lowest BCUT2D eigenvalue weighted by molar-refractivity contribution is 0.0919. The Labute approximate surface area is 102 Å². The standard InChI is InChI=1S/C13H16O3S/c1-7-5-6-8(2)13-11(7)12(14)9(3)10(4)17(13,15)16/h5-6,9-10H,1-4H3. The van der Waals surface area contributed by atoms with E-state index in [-0.39, 0.29) is 10.7 Å². The van der Waals surface area contributed by atoms with Crippen molar-refractivity contribution in [3.63, 3.8) is 0 Å². The Bertz CT molecular complexity index is 599. The minimum Gasteiger partial charge on any atom is -0.294 e. The van der Waals surface area contributed by atoms with Crippen molar-refractivity contribution in [1.82, 2.24) is 0 Å². The summed E-state index contributed by atoms with van der Waals surface area (Å²) in [7, 11) is -3.38. The summed E-state index contributed by atoms with van der Waals surface area (Å²) in [4.78, 5) is 12.5. The molecule has 2 atom stereocenters. The number of carbonyl (C=O) groups is 1. The van der Waals surface area contributed by atoms with Crippen molar-refractivity contribution >= 4 is 15.6 Å². The highest BCUT2D eigenvalue weighted by Gasteiger charge is 2.42. The van der Waals surface area contributed by atoms with Crippen LogP contribution >= 0.6 is 0 Å². The Hall–Kier alpha value is -1.16. The van der Waals surface area contributed by atoms with Crippen molar-refractivity contribution in [3.05, 3.63) is 28.8 Å². The number of hydrogen-bond donors (Lipinski definition) is 0. The second-order valence-corrected chi connectivity index (χ2v) is 7.05. The van der Waals surface area contributed by atoms with Crippen molar-refractivity contribution in [2.24, 2.45) is 5.92 Å². The van der Waals surface area contributed by atoms with Gasteiger partial charge in [-0.15, -0.1) is 0 Å². The summed E-state index contributed by atoms with van der Waals surface area (Å²) in [6.45, 7) is 6.83. The summed E-state index contributed by atoms with van der Waals surface area (Å²) >= 11 is 0. The van der Waals surface area contributed by atoms with E-state index in [9.17, 15) is 13.2 Å². The molecule has 0 saturated heterocycles. The van der Waals surface area contributed by atoms with Crippen molar-refractivity contribution < 1.29 is 13.2 Å². The van der Waals surface area contributed by atoms with E-state index in [1.54, 1.807) is 33.8 Å². The largest absolute Gasteiger partial charge is 0.294 e. The van der Waals surface area contributed by atoms with Crippen LogP contribution in [-0.4, -0.2) is 19.5 Å². The van der Waals surface area contributed by atoms with E-state index in [0.29, 0.717) is 11.1 Å². The SMILES string of the molecule is Cc1ccc(C)c2c1C(=O)C(C)C(C)S2(=O)=O. The molecule has 0 bridgehead atoms. The Kier molecular flexibility index (Phi) is 2.65. The number of sulfone groups is 1. The third-order valence-electron chi connectivity index (χ3n) is 3.70. The molecule has 0 N–H and O–H groups in total. The first-order chi connectivity index (χ1) is 7.78. The maximum absolute atomic E-state index is 12.4. The average molecular weight is 252 g/mol. The van der Waals surface area contributed by atoms with Crippen LogP contribution in [0, 0.1) is 19.8 Å². The van der Waals surface area contributed by atoms with Gasteiger partial charge in [-0.3, -0.25) is 4.79 Å². The highest BCUT2D eigenvalue weighted by molar-refractivity contribution is 7.92. The number of carbonyl (C=O) groups excluding carboxylic acids is 1. The molecule has 4 heteroatoms. The summed E-state index contributed by atoms with van der Waals surface area (Å²) in [6.07, 6.45) is 0. The molecule has 17 heavy (non-hydrogen) atoms. The maximum Gasteiger partial charge on any atom is 0.182 e. The third-order valence-corrected chi connectivity index (χ3v) is 6.18. The molecule has 1 aromatic rings. The van der Waals surface area contributed by atoms with Crippen LogP contribution in [0.4, 0.5) is 0 Å². The number of hydrogen-bond acceptors (Lipinski definition) is 3. The molecule has 1 aromatic carbocycles. The summed E-state index contributed by atoms with van der Waals surface area (Å²) in [5.74, 6) is -0.517. The number of ketones is 1. The van der Waals surface area contributed by atoms with Gasteiger partial charge in [0.1, 0.15) is 0 Å². The highest BCUT2D eigenvalue weighted by atomic mass is 32.2. The van der Waals surface area contributed by atoms with Gasteiger partial charge in [-0.1, -0.05) is 19.1 Å². The van der Waals surface area contributed by atoms with Gasteiger partial charge in [0.05, 0.1) is 10.1 Å². The zero-order chi connectivity index (χ0) is 13.0. The number of aryl methyl sites for hydroxylation is 2. The smallest absolute Gasteiger partial charge is 0.182 e. The van der Waals surface area contributed by atoms with Gasteiger partial charge < -0.3 is 0 Å². The molecule has 3 nitrogen and oxygen atoms in total. The van der Waals surface area contributed by atoms with Gasteiger partial charge >= 0.3 is 0 Å². The molecule has 0 radical (unpaired) electrons. The number of rotatable bonds is 0. The van der Waals surface area contributed by atoms with Crippen LogP contribution in [0.25, 0.3) is 0 Å². The lowest BCUT2D eigenvalue weighted by Gasteiger charge is -2.29. The number of Topliss-reactive ketones (excluding diaryl/α,β-unsaturated/α-hetero) is 1. The summed E-state index contributed by atoms with van der Waals surface area (Å²) in [6, 6.07) is 3.58. The minimum atomic E-state index is -3.38. The zero-order valence-corrected chi connectivity index (χ0v) is 11.3. The molecule has 2 rings (SSSR count). The molecule has 1 aliphatic heterocycles. The molecular formula is C13H16O3S. The van der Waals surface area contributed by atoms with Crippen LogP contribution in [0.2, 0.25) is 0 Å². The van der Waals surface area contributed by atoms with E-state index in [0.717, 1.165) is 5.56 Å². The van der Waals surface area contributed by atoms with E-state index in [1.807, 2.05) is 6.07 Å². The van der Waals surface area contributed by atoms with Crippen molar-refractivity contribution in [1.29, 1.82) is 0 Å². The van der Waals surface area contributed by atoms with E-state index in [4.69, 9.17) is 0 Å². The van der Waals surface area contributed by atoms with Gasteiger partial charge in [-0.05, 0) is 31.9 Å². The summed E-state index contributed by atoms with van der Waals surface area (Å²) < 4.78 is 24.8. The monoisotopic (exact) mass is 252 g/mol.